The van der Waals surface area contributed by atoms with Crippen LogP contribution in [0, 0.1) is 5.41 Å². The predicted molar refractivity (Wildman–Crippen MR) is 71.0 cm³/mol. The van der Waals surface area contributed by atoms with E-state index in [9.17, 15) is 5.11 Å². The molecular weight excluding hydrogens is 214 g/mol. The second-order valence-electron chi connectivity index (χ2n) is 5.57. The zero-order valence-corrected chi connectivity index (χ0v) is 11.3. The molecule has 1 saturated carbocycles. The van der Waals surface area contributed by atoms with Gasteiger partial charge in [-0.25, -0.2) is 0 Å². The highest BCUT2D eigenvalue weighted by Crippen LogP contribution is 2.36. The van der Waals surface area contributed by atoms with E-state index in [0.717, 1.165) is 32.5 Å². The summed E-state index contributed by atoms with van der Waals surface area (Å²) in [5, 5.41) is 18.8. The molecule has 0 saturated heterocycles. The van der Waals surface area contributed by atoms with Crippen molar-refractivity contribution in [3.05, 3.63) is 0 Å². The number of aliphatic hydroxyl groups is 2. The van der Waals surface area contributed by atoms with E-state index in [-0.39, 0.29) is 12.0 Å². The highest BCUT2D eigenvalue weighted by Gasteiger charge is 2.32. The Balaban J connectivity index is 2.48. The van der Waals surface area contributed by atoms with E-state index in [2.05, 4.69) is 11.8 Å². The van der Waals surface area contributed by atoms with E-state index >= 15 is 0 Å². The van der Waals surface area contributed by atoms with Crippen LogP contribution in [0.4, 0.5) is 0 Å². The summed E-state index contributed by atoms with van der Waals surface area (Å²) >= 11 is 0. The van der Waals surface area contributed by atoms with Gasteiger partial charge in [-0.15, -0.1) is 0 Å². The summed E-state index contributed by atoms with van der Waals surface area (Å²) in [6.45, 7) is 5.50. The smallest absolute Gasteiger partial charge is 0.0558 e. The maximum absolute atomic E-state index is 9.69. The number of hydrogen-bond donors (Lipinski definition) is 2. The number of rotatable bonds is 8. The largest absolute Gasteiger partial charge is 0.396 e. The highest BCUT2D eigenvalue weighted by molar-refractivity contribution is 4.85. The van der Waals surface area contributed by atoms with Crippen molar-refractivity contribution in [3.8, 4) is 0 Å². The maximum Gasteiger partial charge on any atom is 0.0558 e. The monoisotopic (exact) mass is 243 g/mol. The minimum atomic E-state index is 0.112. The van der Waals surface area contributed by atoms with Gasteiger partial charge in [0, 0.05) is 25.1 Å². The Kier molecular flexibility index (Phi) is 7.09. The van der Waals surface area contributed by atoms with Crippen molar-refractivity contribution in [2.24, 2.45) is 5.41 Å². The average Bonchev–Trinajstić information content (AvgIpc) is 2.37. The van der Waals surface area contributed by atoms with Crippen molar-refractivity contribution >= 4 is 0 Å². The molecule has 0 radical (unpaired) electrons. The molecule has 0 spiro atoms. The summed E-state index contributed by atoms with van der Waals surface area (Å²) in [7, 11) is 0. The fourth-order valence-corrected chi connectivity index (χ4v) is 2.94. The van der Waals surface area contributed by atoms with E-state index in [1.54, 1.807) is 0 Å². The normalized spacial score (nSPS) is 19.8. The minimum Gasteiger partial charge on any atom is -0.396 e. The summed E-state index contributed by atoms with van der Waals surface area (Å²) in [6.07, 6.45) is 8.49. The Morgan fingerprint density at radius 1 is 1.06 bits per heavy atom. The average molecular weight is 243 g/mol. The van der Waals surface area contributed by atoms with Crippen molar-refractivity contribution in [1.29, 1.82) is 0 Å². The molecule has 0 atom stereocenters. The Bertz CT molecular complexity index is 191. The van der Waals surface area contributed by atoms with Crippen LogP contribution in [0.15, 0.2) is 0 Å². The van der Waals surface area contributed by atoms with Gasteiger partial charge in [0.05, 0.1) is 6.61 Å². The lowest BCUT2D eigenvalue weighted by Gasteiger charge is -2.39. The molecule has 1 aliphatic carbocycles. The Morgan fingerprint density at radius 2 is 1.76 bits per heavy atom. The van der Waals surface area contributed by atoms with Crippen LogP contribution >= 0.6 is 0 Å². The fraction of sp³-hybridized carbons (Fsp3) is 1.00. The summed E-state index contributed by atoms with van der Waals surface area (Å²) in [6, 6.07) is 0. The lowest BCUT2D eigenvalue weighted by atomic mass is 9.74. The van der Waals surface area contributed by atoms with Gasteiger partial charge >= 0.3 is 0 Å². The van der Waals surface area contributed by atoms with Crippen molar-refractivity contribution < 1.29 is 10.2 Å². The maximum atomic E-state index is 9.69. The van der Waals surface area contributed by atoms with Crippen molar-refractivity contribution in [1.82, 2.24) is 4.90 Å². The topological polar surface area (TPSA) is 43.7 Å². The quantitative estimate of drug-likeness (QED) is 0.685. The molecule has 0 aromatic carbocycles. The third-order valence-corrected chi connectivity index (χ3v) is 4.05. The molecule has 1 rings (SSSR count). The first-order valence-electron chi connectivity index (χ1n) is 7.20. The highest BCUT2D eigenvalue weighted by atomic mass is 16.3. The molecule has 17 heavy (non-hydrogen) atoms. The number of nitrogens with zero attached hydrogens (tertiary/aromatic N) is 1. The van der Waals surface area contributed by atoms with E-state index in [1.807, 2.05) is 0 Å². The summed E-state index contributed by atoms with van der Waals surface area (Å²) in [5.74, 6) is 0. The molecular formula is C14H29NO2. The van der Waals surface area contributed by atoms with Gasteiger partial charge in [-0.2, -0.15) is 0 Å². The van der Waals surface area contributed by atoms with Crippen molar-refractivity contribution in [2.45, 2.75) is 51.9 Å². The second kappa shape index (κ2) is 8.06. The third kappa shape index (κ3) is 4.94. The minimum absolute atomic E-state index is 0.112. The first-order chi connectivity index (χ1) is 8.26. The number of hydrogen-bond acceptors (Lipinski definition) is 3. The van der Waals surface area contributed by atoms with Crippen LogP contribution in [0.5, 0.6) is 0 Å². The SMILES string of the molecule is CCCCN(CCO)CC1(CO)CCCCC1. The molecule has 0 aromatic rings. The molecule has 2 N–H and O–H groups in total. The zero-order valence-electron chi connectivity index (χ0n) is 11.3. The Labute approximate surface area is 106 Å². The van der Waals surface area contributed by atoms with Gasteiger partial charge in [-0.05, 0) is 25.8 Å². The molecule has 0 unspecified atom stereocenters. The van der Waals surface area contributed by atoms with Gasteiger partial charge in [-0.1, -0.05) is 32.6 Å². The molecule has 1 fully saturated rings. The van der Waals surface area contributed by atoms with Crippen LogP contribution in [-0.4, -0.2) is 48.0 Å². The van der Waals surface area contributed by atoms with Crippen molar-refractivity contribution in [2.75, 3.05) is 32.8 Å². The third-order valence-electron chi connectivity index (χ3n) is 4.05. The van der Waals surface area contributed by atoms with Crippen LogP contribution in [0.3, 0.4) is 0 Å². The standard InChI is InChI=1S/C14H29NO2/c1-2-3-9-15(10-11-16)12-14(13-17)7-5-4-6-8-14/h16-17H,2-13H2,1H3. The van der Waals surface area contributed by atoms with Crippen LogP contribution in [0.25, 0.3) is 0 Å². The number of aliphatic hydroxyl groups excluding tert-OH is 2. The molecule has 3 nitrogen and oxygen atoms in total. The number of unbranched alkanes of at least 4 members (excludes halogenated alkanes) is 1. The molecule has 3 heteroatoms. The van der Waals surface area contributed by atoms with E-state index in [4.69, 9.17) is 5.11 Å². The van der Waals surface area contributed by atoms with Crippen LogP contribution in [0.2, 0.25) is 0 Å². The van der Waals surface area contributed by atoms with E-state index < -0.39 is 0 Å². The van der Waals surface area contributed by atoms with Crippen LogP contribution < -0.4 is 0 Å². The molecule has 0 aliphatic heterocycles. The van der Waals surface area contributed by atoms with Crippen molar-refractivity contribution in [3.63, 3.8) is 0 Å². The predicted octanol–water partition coefficient (Wildman–Crippen LogP) is 2.02. The van der Waals surface area contributed by atoms with Gasteiger partial charge in [0.1, 0.15) is 0 Å². The van der Waals surface area contributed by atoms with Gasteiger partial charge < -0.3 is 15.1 Å². The summed E-state index contributed by atoms with van der Waals surface area (Å²) < 4.78 is 0. The molecule has 102 valence electrons. The fourth-order valence-electron chi connectivity index (χ4n) is 2.94. The van der Waals surface area contributed by atoms with Gasteiger partial charge in [0.15, 0.2) is 0 Å². The van der Waals surface area contributed by atoms with Gasteiger partial charge in [0.2, 0.25) is 0 Å². The second-order valence-corrected chi connectivity index (χ2v) is 5.57. The molecule has 0 amide bonds. The van der Waals surface area contributed by atoms with Crippen LogP contribution in [-0.2, 0) is 0 Å². The Morgan fingerprint density at radius 3 is 2.29 bits per heavy atom. The summed E-state index contributed by atoms with van der Waals surface area (Å²) in [4.78, 5) is 2.34. The first kappa shape index (κ1) is 14.9. The summed E-state index contributed by atoms with van der Waals surface area (Å²) in [5.41, 5.74) is 0.112. The first-order valence-corrected chi connectivity index (χ1v) is 7.20. The van der Waals surface area contributed by atoms with Gasteiger partial charge in [-0.3, -0.25) is 0 Å². The Hall–Kier alpha value is -0.120. The van der Waals surface area contributed by atoms with E-state index in [1.165, 1.54) is 32.1 Å². The lowest BCUT2D eigenvalue weighted by molar-refractivity contribution is 0.0345. The lowest BCUT2D eigenvalue weighted by Crippen LogP contribution is -2.43. The van der Waals surface area contributed by atoms with E-state index in [0.29, 0.717) is 6.61 Å². The molecule has 0 heterocycles. The van der Waals surface area contributed by atoms with Gasteiger partial charge in [0.25, 0.3) is 0 Å². The molecule has 1 aliphatic rings. The molecule has 0 bridgehead atoms. The zero-order chi connectivity index (χ0) is 12.6. The molecule has 0 aromatic heterocycles. The van der Waals surface area contributed by atoms with Crippen LogP contribution in [0.1, 0.15) is 51.9 Å².